The van der Waals surface area contributed by atoms with Crippen LogP contribution in [-0.4, -0.2) is 52.1 Å². The van der Waals surface area contributed by atoms with E-state index in [4.69, 9.17) is 18.5 Å². The van der Waals surface area contributed by atoms with Gasteiger partial charge in [-0.3, -0.25) is 23.7 Å². The maximum atomic E-state index is 14.6. The minimum absolute atomic E-state index is 0.0151. The Kier molecular flexibility index (Phi) is 11.1. The topological polar surface area (TPSA) is 158 Å². The van der Waals surface area contributed by atoms with Crippen molar-refractivity contribution in [3.63, 3.8) is 0 Å². The van der Waals surface area contributed by atoms with Crippen molar-refractivity contribution in [1.82, 2.24) is 14.6 Å². The Hall–Kier alpha value is -3.84. The van der Waals surface area contributed by atoms with Gasteiger partial charge in [-0.05, 0) is 41.4 Å². The van der Waals surface area contributed by atoms with E-state index in [1.54, 1.807) is 25.1 Å². The van der Waals surface area contributed by atoms with Crippen molar-refractivity contribution in [2.75, 3.05) is 13.2 Å². The smallest absolute Gasteiger partial charge is 0.459 e. The number of ether oxygens (including phenoxy) is 2. The third kappa shape index (κ3) is 8.11. The molecule has 0 radical (unpaired) electrons. The van der Waals surface area contributed by atoms with E-state index in [9.17, 15) is 24.1 Å². The van der Waals surface area contributed by atoms with Crippen molar-refractivity contribution in [3.8, 4) is 5.75 Å². The number of aliphatic hydroxyl groups is 1. The van der Waals surface area contributed by atoms with Gasteiger partial charge in [0.25, 0.3) is 5.56 Å². The number of nitrogens with one attached hydrogen (secondary N) is 2. The zero-order chi connectivity index (χ0) is 32.7. The van der Waals surface area contributed by atoms with Crippen molar-refractivity contribution in [2.24, 2.45) is 0 Å². The molecular formula is C32H33BrN3O9P. The quantitative estimate of drug-likeness (QED) is 0.131. The first-order valence-electron chi connectivity index (χ1n) is 14.6. The number of benzene rings is 3. The van der Waals surface area contributed by atoms with E-state index >= 15 is 0 Å². The number of carbonyl (C=O) groups excluding carboxylic acids is 1. The van der Waals surface area contributed by atoms with Crippen LogP contribution in [0.4, 0.5) is 0 Å². The molecule has 3 aromatic carbocycles. The summed E-state index contributed by atoms with van der Waals surface area (Å²) < 4.78 is 38.9. The van der Waals surface area contributed by atoms with Crippen LogP contribution in [0.15, 0.2) is 93.6 Å². The molecule has 4 aromatic rings. The predicted octanol–water partition coefficient (Wildman–Crippen LogP) is 4.67. The predicted molar refractivity (Wildman–Crippen MR) is 176 cm³/mol. The summed E-state index contributed by atoms with van der Waals surface area (Å²) in [4.78, 5) is 41.5. The second-order valence-corrected chi connectivity index (χ2v) is 12.7. The Bertz CT molecular complexity index is 1860. The van der Waals surface area contributed by atoms with E-state index in [1.165, 1.54) is 17.3 Å². The number of carbonyl (C=O) groups is 1. The van der Waals surface area contributed by atoms with Gasteiger partial charge in [-0.1, -0.05) is 82.7 Å². The van der Waals surface area contributed by atoms with Gasteiger partial charge in [0.1, 0.15) is 24.1 Å². The Morgan fingerprint density at radius 1 is 1.15 bits per heavy atom. The van der Waals surface area contributed by atoms with Crippen molar-refractivity contribution in [1.29, 1.82) is 0 Å². The highest BCUT2D eigenvalue weighted by molar-refractivity contribution is 9.11. The Morgan fingerprint density at radius 2 is 1.89 bits per heavy atom. The van der Waals surface area contributed by atoms with Crippen LogP contribution in [0, 0.1) is 0 Å². The van der Waals surface area contributed by atoms with Crippen molar-refractivity contribution >= 4 is 46.5 Å². The fraction of sp³-hybridized carbons (Fsp3) is 0.281. The number of nitrogens with zero attached hydrogens (tertiary/aromatic N) is 1. The van der Waals surface area contributed by atoms with Crippen molar-refractivity contribution < 1.29 is 33.0 Å². The van der Waals surface area contributed by atoms with Crippen LogP contribution in [0.2, 0.25) is 0 Å². The second-order valence-electron chi connectivity index (χ2n) is 10.5. The maximum Gasteiger partial charge on any atom is 0.459 e. The summed E-state index contributed by atoms with van der Waals surface area (Å²) in [6.45, 7) is 1.34. The second kappa shape index (κ2) is 15.2. The van der Waals surface area contributed by atoms with E-state index in [0.29, 0.717) is 5.39 Å². The lowest BCUT2D eigenvalue weighted by Gasteiger charge is -2.26. The molecule has 1 aromatic heterocycles. The first-order valence-corrected chi connectivity index (χ1v) is 17.0. The summed E-state index contributed by atoms with van der Waals surface area (Å²) in [7, 11) is -4.39. The molecule has 2 heterocycles. The number of aromatic amines is 1. The number of rotatable bonds is 13. The van der Waals surface area contributed by atoms with E-state index in [0.717, 1.165) is 15.5 Å². The molecule has 14 heteroatoms. The number of halogens is 1. The zero-order valence-corrected chi connectivity index (χ0v) is 27.3. The van der Waals surface area contributed by atoms with Gasteiger partial charge in [-0.2, -0.15) is 5.09 Å². The van der Waals surface area contributed by atoms with Gasteiger partial charge in [-0.25, -0.2) is 9.36 Å². The number of hydrogen-bond acceptors (Lipinski definition) is 9. The van der Waals surface area contributed by atoms with Crippen LogP contribution in [0.3, 0.4) is 0 Å². The first kappa shape index (κ1) is 33.5. The molecule has 0 spiro atoms. The molecule has 1 aliphatic heterocycles. The van der Waals surface area contributed by atoms with Gasteiger partial charge in [0.05, 0.1) is 24.9 Å². The highest BCUT2D eigenvalue weighted by Crippen LogP contribution is 2.48. The van der Waals surface area contributed by atoms with Gasteiger partial charge >= 0.3 is 19.4 Å². The van der Waals surface area contributed by atoms with Crippen molar-refractivity contribution in [2.45, 2.75) is 44.2 Å². The minimum atomic E-state index is -4.39. The zero-order valence-electron chi connectivity index (χ0n) is 24.8. The number of H-pyrrole nitrogens is 1. The number of fused-ring (bicyclic) bond motifs is 1. The van der Waals surface area contributed by atoms with E-state index in [-0.39, 0.29) is 30.8 Å². The third-order valence-electron chi connectivity index (χ3n) is 7.30. The monoisotopic (exact) mass is 713 g/mol. The summed E-state index contributed by atoms with van der Waals surface area (Å²) in [5.41, 5.74) is -0.336. The normalized spacial score (nSPS) is 20.0. The summed E-state index contributed by atoms with van der Waals surface area (Å²) in [5.74, 6) is -0.408. The fourth-order valence-corrected chi connectivity index (χ4v) is 6.87. The molecule has 46 heavy (non-hydrogen) atoms. The van der Waals surface area contributed by atoms with E-state index in [1.807, 2.05) is 54.6 Å². The Morgan fingerprint density at radius 3 is 2.65 bits per heavy atom. The molecule has 12 nitrogen and oxygen atoms in total. The molecular weight excluding hydrogens is 681 g/mol. The molecule has 5 atom stereocenters. The number of hydrogen-bond donors (Lipinski definition) is 3. The number of esters is 1. The lowest BCUT2D eigenvalue weighted by Crippen LogP contribution is -2.40. The Labute approximate surface area is 272 Å². The summed E-state index contributed by atoms with van der Waals surface area (Å²) >= 11 is 3.11. The van der Waals surface area contributed by atoms with E-state index < -0.39 is 56.0 Å². The van der Waals surface area contributed by atoms with Crippen LogP contribution < -0.4 is 20.9 Å². The summed E-state index contributed by atoms with van der Waals surface area (Å²) in [6.07, 6.45) is -0.232. The van der Waals surface area contributed by atoms with Gasteiger partial charge in [-0.15, -0.1) is 0 Å². The fourth-order valence-electron chi connectivity index (χ4n) is 5.07. The van der Waals surface area contributed by atoms with Crippen LogP contribution in [0.1, 0.15) is 30.7 Å². The Balaban J connectivity index is 1.42. The van der Waals surface area contributed by atoms with Gasteiger partial charge < -0.3 is 19.1 Å². The van der Waals surface area contributed by atoms with Gasteiger partial charge in [0.2, 0.25) is 0 Å². The molecule has 3 N–H and O–H groups in total. The lowest BCUT2D eigenvalue weighted by molar-refractivity contribution is -0.145. The molecule has 0 saturated carbocycles. The highest BCUT2D eigenvalue weighted by atomic mass is 79.9. The maximum absolute atomic E-state index is 14.6. The van der Waals surface area contributed by atoms with E-state index in [2.05, 4.69) is 26.0 Å². The van der Waals surface area contributed by atoms with Crippen LogP contribution >= 0.6 is 23.7 Å². The average molecular weight is 715 g/mol. The molecule has 5 rings (SSSR count). The molecule has 1 aliphatic rings. The number of aromatic nitrogens is 2. The SMILES string of the molecule is CCOC(=O)[C@H](Cc1ccccc1)NP(=O)(OC[C@H]1O[C@@H](n2cc(/C=C/Br)c(=O)[nH]c2=O)C[C@@H]1O)Oc1cccc2ccccc12. The third-order valence-corrected chi connectivity index (χ3v) is 9.12. The standard InChI is InChI=1S/C32H33BrN3O9P/c1-2-42-31(39)25(17-21-9-4-3-5-10-21)35-46(41,45-27-14-8-12-22-11-6-7-13-24(22)27)43-20-28-26(37)18-29(44-28)36-19-23(15-16-33)30(38)34-32(36)40/h3-16,19,25-26,28-29,37H,2,17-18,20H2,1H3,(H,35,41)(H,34,38,40)/b16-15+/t25-,26-,28+,29+,46?/m0/s1. The molecule has 0 aliphatic carbocycles. The minimum Gasteiger partial charge on any atom is -0.465 e. The molecule has 242 valence electrons. The molecule has 1 fully saturated rings. The van der Waals surface area contributed by atoms with Crippen molar-refractivity contribution in [3.05, 3.63) is 116 Å². The average Bonchev–Trinajstić information content (AvgIpc) is 3.42. The van der Waals surface area contributed by atoms with Crippen LogP contribution in [0.25, 0.3) is 16.8 Å². The molecule has 0 bridgehead atoms. The molecule has 0 amide bonds. The van der Waals surface area contributed by atoms with Gasteiger partial charge in [0.15, 0.2) is 0 Å². The highest BCUT2D eigenvalue weighted by Gasteiger charge is 2.40. The number of aliphatic hydroxyl groups excluding tert-OH is 1. The molecule has 1 unspecified atom stereocenters. The summed E-state index contributed by atoms with van der Waals surface area (Å²) in [5, 5.41) is 15.1. The van der Waals surface area contributed by atoms with Crippen LogP contribution in [0.5, 0.6) is 5.75 Å². The molecule has 1 saturated heterocycles. The summed E-state index contributed by atoms with van der Waals surface area (Å²) in [6, 6.07) is 20.6. The van der Waals surface area contributed by atoms with Crippen LogP contribution in [-0.2, 0) is 29.8 Å². The lowest BCUT2D eigenvalue weighted by atomic mass is 10.1. The first-order chi connectivity index (χ1) is 22.2. The largest absolute Gasteiger partial charge is 0.465 e. The van der Waals surface area contributed by atoms with Gasteiger partial charge in [0, 0.05) is 18.0 Å².